The number of nitrogens with two attached hydrogens (primary N) is 1. The Morgan fingerprint density at radius 2 is 1.93 bits per heavy atom. The van der Waals surface area contributed by atoms with Gasteiger partial charge in [0.2, 0.25) is 0 Å². The maximum Gasteiger partial charge on any atom is 0.0406 e. The molecule has 80 valence electrons. The van der Waals surface area contributed by atoms with E-state index in [4.69, 9.17) is 17.3 Å². The summed E-state index contributed by atoms with van der Waals surface area (Å²) in [7, 11) is 0. The Morgan fingerprint density at radius 3 is 2.43 bits per heavy atom. The molecule has 0 saturated heterocycles. The largest absolute Gasteiger partial charge is 0.329 e. The summed E-state index contributed by atoms with van der Waals surface area (Å²) in [4.78, 5) is 0. The zero-order chi connectivity index (χ0) is 9.68. The molecule has 1 unspecified atom stereocenters. The van der Waals surface area contributed by atoms with Crippen molar-refractivity contribution in [3.05, 3.63) is 34.9 Å². The van der Waals surface area contributed by atoms with Crippen molar-refractivity contribution in [1.29, 1.82) is 0 Å². The fraction of sp³-hybridized carbons (Fsp3) is 0.455. The topological polar surface area (TPSA) is 38.0 Å². The van der Waals surface area contributed by atoms with Gasteiger partial charge in [0.15, 0.2) is 0 Å². The zero-order valence-electron chi connectivity index (χ0n) is 7.76. The van der Waals surface area contributed by atoms with Crippen LogP contribution < -0.4 is 11.1 Å². The molecule has 0 bridgehead atoms. The molecule has 0 aliphatic heterocycles. The number of nitrogens with one attached hydrogen (secondary N) is 1. The highest BCUT2D eigenvalue weighted by atomic mass is 35.5. The molecule has 0 spiro atoms. The highest BCUT2D eigenvalue weighted by Gasteiger charge is 1.97. The van der Waals surface area contributed by atoms with Crippen LogP contribution in [-0.2, 0) is 6.54 Å². The average molecular weight is 215 g/mol. The lowest BCUT2D eigenvalue weighted by Crippen LogP contribution is -2.32. The molecule has 0 amide bonds. The molecule has 1 atom stereocenters. The Hall–Kier alpha value is -0.570. The van der Waals surface area contributed by atoms with Crippen LogP contribution in [0.25, 0.3) is 0 Å². The highest BCUT2D eigenvalue weighted by Crippen LogP contribution is 2.09. The first kappa shape index (κ1) is 13.4. The smallest absolute Gasteiger partial charge is 0.0406 e. The fourth-order valence-corrected chi connectivity index (χ4v) is 1.10. The first-order valence-electron chi connectivity index (χ1n) is 4.40. The predicted molar refractivity (Wildman–Crippen MR) is 63.5 cm³/mol. The molecule has 0 saturated carbocycles. The van der Waals surface area contributed by atoms with Crippen LogP contribution in [0.4, 0.5) is 0 Å². The first-order valence-corrected chi connectivity index (χ1v) is 4.78. The molecule has 1 rings (SSSR count). The molecular weight excluding hydrogens is 196 g/mol. The van der Waals surface area contributed by atoms with Gasteiger partial charge in [-0.3, -0.25) is 0 Å². The number of benzene rings is 1. The second kappa shape index (κ2) is 6.82. The molecule has 14 heavy (non-hydrogen) atoms. The highest BCUT2D eigenvalue weighted by molar-refractivity contribution is 6.30. The van der Waals surface area contributed by atoms with Gasteiger partial charge in [-0.25, -0.2) is 0 Å². The number of hydrogen-bond donors (Lipinski definition) is 2. The van der Waals surface area contributed by atoms with Gasteiger partial charge in [0.05, 0.1) is 0 Å². The van der Waals surface area contributed by atoms with Gasteiger partial charge in [0, 0.05) is 24.2 Å². The van der Waals surface area contributed by atoms with Crippen molar-refractivity contribution in [1.82, 2.24) is 5.32 Å². The van der Waals surface area contributed by atoms with Crippen molar-refractivity contribution in [2.45, 2.75) is 26.9 Å². The van der Waals surface area contributed by atoms with Crippen LogP contribution in [0.3, 0.4) is 0 Å². The maximum atomic E-state index is 5.76. The van der Waals surface area contributed by atoms with Crippen molar-refractivity contribution in [2.75, 3.05) is 6.54 Å². The van der Waals surface area contributed by atoms with Gasteiger partial charge in [-0.05, 0) is 24.6 Å². The third kappa shape index (κ3) is 4.61. The Balaban J connectivity index is 0.00000169. The fourth-order valence-electron chi connectivity index (χ4n) is 0.978. The minimum Gasteiger partial charge on any atom is -0.329 e. The van der Waals surface area contributed by atoms with E-state index in [0.717, 1.165) is 11.6 Å². The van der Waals surface area contributed by atoms with E-state index in [1.165, 1.54) is 5.56 Å². The summed E-state index contributed by atoms with van der Waals surface area (Å²) in [6.45, 7) is 3.57. The van der Waals surface area contributed by atoms with Crippen molar-refractivity contribution >= 4 is 11.6 Å². The van der Waals surface area contributed by atoms with Crippen LogP contribution in [-0.4, -0.2) is 12.6 Å². The van der Waals surface area contributed by atoms with E-state index in [2.05, 4.69) is 12.2 Å². The monoisotopic (exact) mass is 214 g/mol. The lowest BCUT2D eigenvalue weighted by molar-refractivity contribution is 0.556. The lowest BCUT2D eigenvalue weighted by Gasteiger charge is -2.10. The Morgan fingerprint density at radius 1 is 1.36 bits per heavy atom. The van der Waals surface area contributed by atoms with Crippen molar-refractivity contribution < 1.29 is 0 Å². The van der Waals surface area contributed by atoms with Gasteiger partial charge in [-0.15, -0.1) is 0 Å². The van der Waals surface area contributed by atoms with Crippen LogP contribution in [0.15, 0.2) is 24.3 Å². The SMILES string of the molecule is C.CC(CN)NCc1ccc(Cl)cc1. The van der Waals surface area contributed by atoms with Gasteiger partial charge in [0.1, 0.15) is 0 Å². The summed E-state index contributed by atoms with van der Waals surface area (Å²) in [6.07, 6.45) is 0. The van der Waals surface area contributed by atoms with Gasteiger partial charge < -0.3 is 11.1 Å². The summed E-state index contributed by atoms with van der Waals surface area (Å²) in [6, 6.07) is 8.17. The first-order chi connectivity index (χ1) is 6.22. The van der Waals surface area contributed by atoms with Gasteiger partial charge >= 0.3 is 0 Å². The molecule has 1 aromatic carbocycles. The van der Waals surface area contributed by atoms with E-state index in [-0.39, 0.29) is 7.43 Å². The normalized spacial score (nSPS) is 11.9. The number of halogens is 1. The quantitative estimate of drug-likeness (QED) is 0.808. The van der Waals surface area contributed by atoms with Crippen molar-refractivity contribution in [3.63, 3.8) is 0 Å². The van der Waals surface area contributed by atoms with Crippen LogP contribution >= 0.6 is 11.6 Å². The molecule has 0 aliphatic rings. The molecule has 2 nitrogen and oxygen atoms in total. The summed E-state index contributed by atoms with van der Waals surface area (Å²) in [5.41, 5.74) is 6.70. The van der Waals surface area contributed by atoms with Crippen LogP contribution in [0.1, 0.15) is 19.9 Å². The van der Waals surface area contributed by atoms with Gasteiger partial charge in [-0.1, -0.05) is 31.2 Å². The molecule has 0 aromatic heterocycles. The molecular formula is C11H19ClN2. The summed E-state index contributed by atoms with van der Waals surface area (Å²) in [5, 5.41) is 4.07. The van der Waals surface area contributed by atoms with Crippen LogP contribution in [0.2, 0.25) is 5.02 Å². The molecule has 3 N–H and O–H groups in total. The Bertz CT molecular complexity index is 246. The van der Waals surface area contributed by atoms with E-state index < -0.39 is 0 Å². The lowest BCUT2D eigenvalue weighted by atomic mass is 10.2. The summed E-state index contributed by atoms with van der Waals surface area (Å²) in [5.74, 6) is 0. The van der Waals surface area contributed by atoms with E-state index in [1.807, 2.05) is 24.3 Å². The van der Waals surface area contributed by atoms with Crippen LogP contribution in [0, 0.1) is 0 Å². The summed E-state index contributed by atoms with van der Waals surface area (Å²) >= 11 is 5.76. The Kier molecular flexibility index (Phi) is 6.54. The molecule has 0 radical (unpaired) electrons. The molecule has 1 aromatic rings. The second-order valence-corrected chi connectivity index (χ2v) is 3.58. The summed E-state index contributed by atoms with van der Waals surface area (Å²) < 4.78 is 0. The average Bonchev–Trinajstić information content (AvgIpc) is 2.16. The predicted octanol–water partition coefficient (Wildman–Crippen LogP) is 2.41. The van der Waals surface area contributed by atoms with Gasteiger partial charge in [0.25, 0.3) is 0 Å². The number of hydrogen-bond acceptors (Lipinski definition) is 2. The standard InChI is InChI=1S/C10H15ClN2.CH4/c1-8(6-12)13-7-9-2-4-10(11)5-3-9;/h2-5,8,13H,6-7,12H2,1H3;1H4. The molecule has 3 heteroatoms. The second-order valence-electron chi connectivity index (χ2n) is 3.14. The maximum absolute atomic E-state index is 5.76. The van der Waals surface area contributed by atoms with E-state index in [9.17, 15) is 0 Å². The van der Waals surface area contributed by atoms with E-state index in [0.29, 0.717) is 12.6 Å². The molecule has 0 heterocycles. The minimum absolute atomic E-state index is 0. The third-order valence-electron chi connectivity index (χ3n) is 1.92. The van der Waals surface area contributed by atoms with Gasteiger partial charge in [-0.2, -0.15) is 0 Å². The van der Waals surface area contributed by atoms with E-state index in [1.54, 1.807) is 0 Å². The molecule has 0 fully saturated rings. The number of rotatable bonds is 4. The van der Waals surface area contributed by atoms with Crippen molar-refractivity contribution in [2.24, 2.45) is 5.73 Å². The van der Waals surface area contributed by atoms with E-state index >= 15 is 0 Å². The zero-order valence-corrected chi connectivity index (χ0v) is 8.51. The van der Waals surface area contributed by atoms with Crippen molar-refractivity contribution in [3.8, 4) is 0 Å². The Labute approximate surface area is 91.5 Å². The molecule has 0 aliphatic carbocycles. The minimum atomic E-state index is 0. The van der Waals surface area contributed by atoms with Crippen LogP contribution in [0.5, 0.6) is 0 Å². The third-order valence-corrected chi connectivity index (χ3v) is 2.17.